The van der Waals surface area contributed by atoms with Crippen LogP contribution >= 0.6 is 0 Å². The highest BCUT2D eigenvalue weighted by atomic mass is 16.6. The second kappa shape index (κ2) is 12.8. The van der Waals surface area contributed by atoms with Crippen LogP contribution in [0, 0.1) is 16.2 Å². The van der Waals surface area contributed by atoms with Crippen LogP contribution in [0.4, 0.5) is 4.79 Å². The van der Waals surface area contributed by atoms with E-state index in [1.165, 1.54) is 0 Å². The SMILES string of the molecule is C=CCOCC(CC)(COCC=C)COC(=O)NCC1(C)CC(N=C=O)CC(C)(C)C1. The number of nitrogens with one attached hydrogen (secondary N) is 1. The van der Waals surface area contributed by atoms with Crippen LogP contribution in [0.1, 0.15) is 53.4 Å². The van der Waals surface area contributed by atoms with Gasteiger partial charge in [-0.3, -0.25) is 0 Å². The monoisotopic (exact) mass is 436 g/mol. The molecular weight excluding hydrogens is 396 g/mol. The zero-order valence-corrected chi connectivity index (χ0v) is 19.7. The number of carbonyl (C=O) groups excluding carboxylic acids is 2. The van der Waals surface area contributed by atoms with Gasteiger partial charge in [0.1, 0.15) is 6.61 Å². The Bertz CT molecular complexity index is 628. The van der Waals surface area contributed by atoms with Crippen LogP contribution in [-0.4, -0.2) is 57.8 Å². The number of hydrogen-bond donors (Lipinski definition) is 1. The normalized spacial score (nSPS) is 22.8. The minimum absolute atomic E-state index is 0.0337. The molecule has 1 aliphatic carbocycles. The highest BCUT2D eigenvalue weighted by Crippen LogP contribution is 2.46. The first-order chi connectivity index (χ1) is 14.6. The van der Waals surface area contributed by atoms with E-state index >= 15 is 0 Å². The number of nitrogens with zero attached hydrogens (tertiary/aromatic N) is 1. The molecule has 7 nitrogen and oxygen atoms in total. The van der Waals surface area contributed by atoms with Gasteiger partial charge in [-0.1, -0.05) is 39.8 Å². The van der Waals surface area contributed by atoms with Crippen LogP contribution < -0.4 is 5.32 Å². The zero-order valence-electron chi connectivity index (χ0n) is 19.7. The molecule has 0 heterocycles. The molecule has 2 atom stereocenters. The Balaban J connectivity index is 2.67. The first kappa shape index (κ1) is 27.1. The van der Waals surface area contributed by atoms with Crippen LogP contribution in [0.2, 0.25) is 0 Å². The summed E-state index contributed by atoms with van der Waals surface area (Å²) in [7, 11) is 0. The number of alkyl carbamates (subject to hydrolysis) is 1. The molecule has 176 valence electrons. The smallest absolute Gasteiger partial charge is 0.407 e. The summed E-state index contributed by atoms with van der Waals surface area (Å²) >= 11 is 0. The van der Waals surface area contributed by atoms with Crippen molar-refractivity contribution in [2.45, 2.75) is 59.4 Å². The van der Waals surface area contributed by atoms with E-state index in [4.69, 9.17) is 14.2 Å². The summed E-state index contributed by atoms with van der Waals surface area (Å²) in [4.78, 5) is 27.2. The van der Waals surface area contributed by atoms with E-state index in [1.807, 2.05) is 6.92 Å². The number of rotatable bonds is 14. The van der Waals surface area contributed by atoms with Crippen LogP contribution in [0.15, 0.2) is 30.3 Å². The second-order valence-corrected chi connectivity index (χ2v) is 9.82. The van der Waals surface area contributed by atoms with Gasteiger partial charge in [0.25, 0.3) is 0 Å². The van der Waals surface area contributed by atoms with E-state index in [2.05, 4.69) is 44.2 Å². The Morgan fingerprint density at radius 2 is 1.77 bits per heavy atom. The van der Waals surface area contributed by atoms with E-state index in [9.17, 15) is 9.59 Å². The van der Waals surface area contributed by atoms with Crippen LogP contribution in [0.3, 0.4) is 0 Å². The lowest BCUT2D eigenvalue weighted by molar-refractivity contribution is -0.0466. The Morgan fingerprint density at radius 3 is 2.29 bits per heavy atom. The van der Waals surface area contributed by atoms with E-state index in [0.717, 1.165) is 25.7 Å². The molecule has 2 unspecified atom stereocenters. The van der Waals surface area contributed by atoms with Crippen molar-refractivity contribution >= 4 is 12.2 Å². The summed E-state index contributed by atoms with van der Waals surface area (Å²) in [5.41, 5.74) is -0.580. The average Bonchev–Trinajstić information content (AvgIpc) is 2.69. The molecule has 1 aliphatic rings. The summed E-state index contributed by atoms with van der Waals surface area (Å²) in [5.74, 6) is 0. The van der Waals surface area contributed by atoms with Gasteiger partial charge < -0.3 is 19.5 Å². The van der Waals surface area contributed by atoms with E-state index in [0.29, 0.717) is 33.0 Å². The molecule has 0 bridgehead atoms. The van der Waals surface area contributed by atoms with Crippen LogP contribution in [0.25, 0.3) is 0 Å². The lowest BCUT2D eigenvalue weighted by Crippen LogP contribution is -2.45. The number of amides is 1. The van der Waals surface area contributed by atoms with Gasteiger partial charge in [0.05, 0.1) is 37.9 Å². The predicted molar refractivity (Wildman–Crippen MR) is 122 cm³/mol. The van der Waals surface area contributed by atoms with Crippen molar-refractivity contribution in [3.63, 3.8) is 0 Å². The molecule has 1 N–H and O–H groups in total. The molecule has 7 heteroatoms. The Kier molecular flexibility index (Phi) is 11.2. The van der Waals surface area contributed by atoms with Gasteiger partial charge in [-0.15, -0.1) is 13.2 Å². The number of hydrogen-bond acceptors (Lipinski definition) is 6. The molecule has 0 aliphatic heterocycles. The van der Waals surface area contributed by atoms with Gasteiger partial charge in [0.15, 0.2) is 0 Å². The summed E-state index contributed by atoms with van der Waals surface area (Å²) in [5, 5.41) is 2.91. The minimum Gasteiger partial charge on any atom is -0.449 e. The Morgan fingerprint density at radius 1 is 1.16 bits per heavy atom. The number of carbonyl (C=O) groups is 1. The lowest BCUT2D eigenvalue weighted by Gasteiger charge is -2.45. The van der Waals surface area contributed by atoms with Crippen molar-refractivity contribution in [2.24, 2.45) is 21.2 Å². The number of ether oxygens (including phenoxy) is 3. The second-order valence-electron chi connectivity index (χ2n) is 9.82. The van der Waals surface area contributed by atoms with E-state index in [-0.39, 0.29) is 23.5 Å². The fourth-order valence-electron chi connectivity index (χ4n) is 4.58. The molecular formula is C24H40N2O5. The maximum Gasteiger partial charge on any atom is 0.407 e. The lowest BCUT2D eigenvalue weighted by atomic mass is 9.63. The van der Waals surface area contributed by atoms with Gasteiger partial charge >= 0.3 is 6.09 Å². The maximum atomic E-state index is 12.5. The van der Waals surface area contributed by atoms with Gasteiger partial charge in [-0.25, -0.2) is 14.6 Å². The fraction of sp³-hybridized carbons (Fsp3) is 0.750. The van der Waals surface area contributed by atoms with Gasteiger partial charge in [-0.05, 0) is 36.5 Å². The van der Waals surface area contributed by atoms with E-state index in [1.54, 1.807) is 18.2 Å². The number of isocyanates is 1. The van der Waals surface area contributed by atoms with Gasteiger partial charge in [-0.2, -0.15) is 0 Å². The first-order valence-electron chi connectivity index (χ1n) is 11.0. The Hall–Kier alpha value is -1.95. The molecule has 1 saturated carbocycles. The van der Waals surface area contributed by atoms with Crippen molar-refractivity contribution in [1.82, 2.24) is 5.32 Å². The van der Waals surface area contributed by atoms with Crippen LogP contribution in [-0.2, 0) is 19.0 Å². The maximum absolute atomic E-state index is 12.5. The van der Waals surface area contributed by atoms with Crippen LogP contribution in [0.5, 0.6) is 0 Å². The summed E-state index contributed by atoms with van der Waals surface area (Å²) < 4.78 is 16.9. The predicted octanol–water partition coefficient (Wildman–Crippen LogP) is 4.44. The molecule has 0 aromatic carbocycles. The van der Waals surface area contributed by atoms with Crippen molar-refractivity contribution in [1.29, 1.82) is 0 Å². The topological polar surface area (TPSA) is 86.2 Å². The third-order valence-electron chi connectivity index (χ3n) is 5.86. The molecule has 1 rings (SSSR count). The van der Waals surface area contributed by atoms with Gasteiger partial charge in [0.2, 0.25) is 6.08 Å². The standard InChI is InChI=1S/C24H40N2O5/c1-7-10-29-16-24(9-3,17-30-11-8-2)18-31-21(28)25-15-23(6)13-20(26-19-27)12-22(4,5)14-23/h7-8,20H,1-2,9-18H2,3-6H3,(H,25,28). The molecule has 0 aromatic heterocycles. The quantitative estimate of drug-likeness (QED) is 0.188. The summed E-state index contributed by atoms with van der Waals surface area (Å²) in [6.07, 6.45) is 7.83. The third kappa shape index (κ3) is 9.81. The molecule has 0 radical (unpaired) electrons. The first-order valence-corrected chi connectivity index (χ1v) is 11.0. The third-order valence-corrected chi connectivity index (χ3v) is 5.86. The average molecular weight is 437 g/mol. The van der Waals surface area contributed by atoms with Gasteiger partial charge in [0, 0.05) is 6.54 Å². The highest BCUT2D eigenvalue weighted by Gasteiger charge is 2.41. The zero-order chi connectivity index (χ0) is 23.4. The molecule has 1 fully saturated rings. The van der Waals surface area contributed by atoms with Crippen molar-refractivity contribution in [3.8, 4) is 0 Å². The number of aliphatic imine (C=N–C) groups is 1. The highest BCUT2D eigenvalue weighted by molar-refractivity contribution is 5.67. The molecule has 1 amide bonds. The fourth-order valence-corrected chi connectivity index (χ4v) is 4.58. The summed E-state index contributed by atoms with van der Waals surface area (Å²) in [6.45, 7) is 18.1. The molecule has 0 spiro atoms. The van der Waals surface area contributed by atoms with Crippen molar-refractivity contribution < 1.29 is 23.8 Å². The summed E-state index contributed by atoms with van der Waals surface area (Å²) in [6, 6.07) is -0.0687. The minimum atomic E-state index is -0.467. The molecule has 0 aromatic rings. The van der Waals surface area contributed by atoms with E-state index < -0.39 is 11.5 Å². The van der Waals surface area contributed by atoms with Crippen molar-refractivity contribution in [2.75, 3.05) is 39.6 Å². The van der Waals surface area contributed by atoms with Crippen molar-refractivity contribution in [3.05, 3.63) is 25.3 Å². The molecule has 0 saturated heterocycles. The Labute approximate surface area is 187 Å². The largest absolute Gasteiger partial charge is 0.449 e. The molecule has 31 heavy (non-hydrogen) atoms.